The van der Waals surface area contributed by atoms with E-state index in [0.29, 0.717) is 0 Å². The summed E-state index contributed by atoms with van der Waals surface area (Å²) in [6.07, 6.45) is 4.00. The summed E-state index contributed by atoms with van der Waals surface area (Å²) < 4.78 is 0. The number of hydrogen-bond donors (Lipinski definition) is 0. The SMILES string of the molecule is Cc1ccc2c(c1)C(=C1CC1)CCS2. The van der Waals surface area contributed by atoms with Gasteiger partial charge in [-0.05, 0) is 43.4 Å². The Labute approximate surface area is 89.4 Å². The van der Waals surface area contributed by atoms with Crippen LogP contribution in [-0.4, -0.2) is 5.75 Å². The molecule has 1 aromatic carbocycles. The third kappa shape index (κ3) is 1.40. The van der Waals surface area contributed by atoms with E-state index < -0.39 is 0 Å². The molecule has 0 atom stereocenters. The van der Waals surface area contributed by atoms with Gasteiger partial charge in [0.25, 0.3) is 0 Å². The smallest absolute Gasteiger partial charge is 0.0147 e. The fourth-order valence-electron chi connectivity index (χ4n) is 2.13. The Hall–Kier alpha value is -0.690. The topological polar surface area (TPSA) is 0 Å². The first-order valence-electron chi connectivity index (χ1n) is 5.29. The normalized spacial score (nSPS) is 19.5. The number of hydrogen-bond acceptors (Lipinski definition) is 1. The third-order valence-electron chi connectivity index (χ3n) is 3.00. The van der Waals surface area contributed by atoms with Crippen LogP contribution in [0.25, 0.3) is 5.57 Å². The molecule has 0 radical (unpaired) electrons. The highest BCUT2D eigenvalue weighted by atomic mass is 32.2. The first-order chi connectivity index (χ1) is 6.84. The Kier molecular flexibility index (Phi) is 1.94. The van der Waals surface area contributed by atoms with E-state index in [9.17, 15) is 0 Å². The maximum Gasteiger partial charge on any atom is 0.0147 e. The minimum Gasteiger partial charge on any atom is -0.125 e. The second-order valence-corrected chi connectivity index (χ2v) is 5.32. The molecule has 0 unspecified atom stereocenters. The van der Waals surface area contributed by atoms with Crippen LogP contribution in [0.5, 0.6) is 0 Å². The molecule has 0 saturated heterocycles. The number of thioether (sulfide) groups is 1. The molecule has 1 fully saturated rings. The van der Waals surface area contributed by atoms with Gasteiger partial charge in [0.05, 0.1) is 0 Å². The van der Waals surface area contributed by atoms with Crippen molar-refractivity contribution in [3.63, 3.8) is 0 Å². The molecular formula is C13H14S. The van der Waals surface area contributed by atoms with E-state index in [0.717, 1.165) is 0 Å². The van der Waals surface area contributed by atoms with Gasteiger partial charge in [-0.15, -0.1) is 11.8 Å². The van der Waals surface area contributed by atoms with Crippen molar-refractivity contribution in [1.82, 2.24) is 0 Å². The van der Waals surface area contributed by atoms with Crippen molar-refractivity contribution >= 4 is 17.3 Å². The van der Waals surface area contributed by atoms with E-state index in [1.165, 1.54) is 41.0 Å². The van der Waals surface area contributed by atoms with Gasteiger partial charge >= 0.3 is 0 Å². The van der Waals surface area contributed by atoms with E-state index in [1.807, 2.05) is 11.8 Å². The highest BCUT2D eigenvalue weighted by Gasteiger charge is 2.23. The zero-order valence-electron chi connectivity index (χ0n) is 8.47. The van der Waals surface area contributed by atoms with E-state index in [-0.39, 0.29) is 0 Å². The van der Waals surface area contributed by atoms with E-state index >= 15 is 0 Å². The van der Waals surface area contributed by atoms with E-state index in [2.05, 4.69) is 25.1 Å². The lowest BCUT2D eigenvalue weighted by atomic mass is 10.00. The minimum absolute atomic E-state index is 1.27. The van der Waals surface area contributed by atoms with Crippen LogP contribution in [0.1, 0.15) is 30.4 Å². The lowest BCUT2D eigenvalue weighted by molar-refractivity contribution is 1.17. The molecule has 3 rings (SSSR count). The highest BCUT2D eigenvalue weighted by Crippen LogP contribution is 2.45. The first kappa shape index (κ1) is 8.60. The van der Waals surface area contributed by atoms with Crippen LogP contribution in [0.4, 0.5) is 0 Å². The molecule has 14 heavy (non-hydrogen) atoms. The Balaban J connectivity index is 2.17. The summed E-state index contributed by atoms with van der Waals surface area (Å²) >= 11 is 2.01. The molecule has 1 heterocycles. The van der Waals surface area contributed by atoms with Crippen molar-refractivity contribution in [2.75, 3.05) is 5.75 Å². The van der Waals surface area contributed by atoms with Gasteiger partial charge in [-0.3, -0.25) is 0 Å². The van der Waals surface area contributed by atoms with Crippen LogP contribution in [0.2, 0.25) is 0 Å². The molecule has 1 aliphatic carbocycles. The van der Waals surface area contributed by atoms with Gasteiger partial charge in [-0.25, -0.2) is 0 Å². The Morgan fingerprint density at radius 2 is 2.00 bits per heavy atom. The molecule has 2 aliphatic rings. The van der Waals surface area contributed by atoms with Crippen molar-refractivity contribution < 1.29 is 0 Å². The van der Waals surface area contributed by atoms with Crippen LogP contribution in [-0.2, 0) is 0 Å². The summed E-state index contributed by atoms with van der Waals surface area (Å²) in [7, 11) is 0. The average molecular weight is 202 g/mol. The fourth-order valence-corrected chi connectivity index (χ4v) is 3.16. The average Bonchev–Trinajstić information content (AvgIpc) is 3.00. The molecule has 0 nitrogen and oxygen atoms in total. The second-order valence-electron chi connectivity index (χ2n) is 4.18. The first-order valence-corrected chi connectivity index (χ1v) is 6.28. The Bertz CT molecular complexity index is 409. The van der Waals surface area contributed by atoms with Crippen LogP contribution in [0, 0.1) is 6.92 Å². The van der Waals surface area contributed by atoms with Crippen LogP contribution in [0.15, 0.2) is 28.7 Å². The number of rotatable bonds is 0. The summed E-state index contributed by atoms with van der Waals surface area (Å²) in [6, 6.07) is 6.88. The zero-order chi connectivity index (χ0) is 9.54. The molecule has 0 spiro atoms. The van der Waals surface area contributed by atoms with E-state index in [4.69, 9.17) is 0 Å². The molecular weight excluding hydrogens is 188 g/mol. The standard InChI is InChI=1S/C13H14S/c1-9-2-5-13-12(8-9)11(6-7-14-13)10-3-4-10/h2,5,8H,3-4,6-7H2,1H3. The zero-order valence-corrected chi connectivity index (χ0v) is 9.29. The molecule has 0 bridgehead atoms. The molecule has 1 aliphatic heterocycles. The fraction of sp³-hybridized carbons (Fsp3) is 0.385. The van der Waals surface area contributed by atoms with Crippen molar-refractivity contribution in [2.45, 2.75) is 31.1 Å². The predicted molar refractivity (Wildman–Crippen MR) is 62.7 cm³/mol. The van der Waals surface area contributed by atoms with Crippen molar-refractivity contribution in [2.24, 2.45) is 0 Å². The van der Waals surface area contributed by atoms with Crippen LogP contribution >= 0.6 is 11.8 Å². The van der Waals surface area contributed by atoms with Gasteiger partial charge in [0.15, 0.2) is 0 Å². The number of aryl methyl sites for hydroxylation is 1. The lowest BCUT2D eigenvalue weighted by Gasteiger charge is -2.19. The van der Waals surface area contributed by atoms with Gasteiger partial charge < -0.3 is 0 Å². The minimum atomic E-state index is 1.27. The lowest BCUT2D eigenvalue weighted by Crippen LogP contribution is -1.98. The molecule has 0 N–H and O–H groups in total. The molecule has 0 amide bonds. The van der Waals surface area contributed by atoms with Gasteiger partial charge in [-0.1, -0.05) is 23.3 Å². The maximum atomic E-state index is 2.36. The van der Waals surface area contributed by atoms with Gasteiger partial charge in [0.2, 0.25) is 0 Å². The third-order valence-corrected chi connectivity index (χ3v) is 4.07. The summed E-state index contributed by atoms with van der Waals surface area (Å²) in [5, 5.41) is 0. The van der Waals surface area contributed by atoms with Crippen LogP contribution < -0.4 is 0 Å². The largest absolute Gasteiger partial charge is 0.125 e. The number of benzene rings is 1. The van der Waals surface area contributed by atoms with Gasteiger partial charge in [0.1, 0.15) is 0 Å². The van der Waals surface area contributed by atoms with Gasteiger partial charge in [-0.2, -0.15) is 0 Å². The quantitative estimate of drug-likeness (QED) is 0.612. The highest BCUT2D eigenvalue weighted by molar-refractivity contribution is 7.99. The molecule has 0 aromatic heterocycles. The summed E-state index contributed by atoms with van der Waals surface area (Å²) in [5.74, 6) is 1.27. The Morgan fingerprint density at radius 1 is 1.14 bits per heavy atom. The predicted octanol–water partition coefficient (Wildman–Crippen LogP) is 4.04. The molecule has 72 valence electrons. The monoisotopic (exact) mass is 202 g/mol. The summed E-state index contributed by atoms with van der Waals surface area (Å²) in [4.78, 5) is 1.50. The van der Waals surface area contributed by atoms with E-state index in [1.54, 1.807) is 11.1 Å². The molecule has 1 saturated carbocycles. The summed E-state index contributed by atoms with van der Waals surface area (Å²) in [6.45, 7) is 2.19. The number of allylic oxidation sites excluding steroid dienone is 2. The Morgan fingerprint density at radius 3 is 2.79 bits per heavy atom. The second kappa shape index (κ2) is 3.16. The molecule has 1 aromatic rings. The van der Waals surface area contributed by atoms with Crippen LogP contribution in [0.3, 0.4) is 0 Å². The molecule has 1 heteroatoms. The van der Waals surface area contributed by atoms with Crippen molar-refractivity contribution in [1.29, 1.82) is 0 Å². The maximum absolute atomic E-state index is 2.36. The summed E-state index contributed by atoms with van der Waals surface area (Å²) in [5.41, 5.74) is 6.32. The van der Waals surface area contributed by atoms with Crippen molar-refractivity contribution in [3.8, 4) is 0 Å². The van der Waals surface area contributed by atoms with Crippen molar-refractivity contribution in [3.05, 3.63) is 34.9 Å². The number of fused-ring (bicyclic) bond motifs is 1. The van der Waals surface area contributed by atoms with Gasteiger partial charge in [0, 0.05) is 10.6 Å².